The van der Waals surface area contributed by atoms with E-state index < -0.39 is 9.84 Å². The predicted octanol–water partition coefficient (Wildman–Crippen LogP) is 3.58. The van der Waals surface area contributed by atoms with Crippen molar-refractivity contribution >= 4 is 56.1 Å². The largest absolute Gasteiger partial charge is 0.338 e. The number of benzene rings is 1. The number of hydrogen-bond acceptors (Lipinski definition) is 5. The molecule has 0 saturated heterocycles. The van der Waals surface area contributed by atoms with Crippen molar-refractivity contribution in [3.63, 3.8) is 0 Å². The van der Waals surface area contributed by atoms with Crippen LogP contribution < -0.4 is 5.32 Å². The molecule has 0 aliphatic carbocycles. The van der Waals surface area contributed by atoms with Crippen LogP contribution in [0.2, 0.25) is 15.5 Å². The minimum absolute atomic E-state index is 0.0222. The van der Waals surface area contributed by atoms with Gasteiger partial charge in [-0.05, 0) is 23.7 Å². The normalized spacial score (nSPS) is 11.4. The maximum atomic E-state index is 11.7. The van der Waals surface area contributed by atoms with Gasteiger partial charge in [0.1, 0.15) is 5.02 Å². The highest BCUT2D eigenvalue weighted by Gasteiger charge is 2.16. The third kappa shape index (κ3) is 3.32. The molecule has 0 unspecified atom stereocenters. The van der Waals surface area contributed by atoms with E-state index in [1.54, 1.807) is 18.2 Å². The summed E-state index contributed by atoms with van der Waals surface area (Å²) in [6, 6.07) is 6.34. The van der Waals surface area contributed by atoms with E-state index in [9.17, 15) is 8.42 Å². The van der Waals surface area contributed by atoms with E-state index in [4.69, 9.17) is 34.8 Å². The van der Waals surface area contributed by atoms with E-state index >= 15 is 0 Å². The van der Waals surface area contributed by atoms with Gasteiger partial charge in [-0.25, -0.2) is 13.4 Å². The maximum absolute atomic E-state index is 11.7. The van der Waals surface area contributed by atoms with Crippen LogP contribution in [0.3, 0.4) is 0 Å². The predicted molar refractivity (Wildman–Crippen MR) is 79.9 cm³/mol. The van der Waals surface area contributed by atoms with Gasteiger partial charge in [-0.1, -0.05) is 35.3 Å². The van der Waals surface area contributed by atoms with Gasteiger partial charge in [0.15, 0.2) is 20.8 Å². The average Bonchev–Trinajstić information content (AvgIpc) is 2.34. The van der Waals surface area contributed by atoms with Gasteiger partial charge in [0.05, 0.1) is 10.6 Å². The number of sulfone groups is 1. The molecular formula is C11H8Cl3N3O2S. The van der Waals surface area contributed by atoms with Crippen molar-refractivity contribution in [3.05, 3.63) is 39.7 Å². The zero-order chi connectivity index (χ0) is 14.9. The summed E-state index contributed by atoms with van der Waals surface area (Å²) in [7, 11) is -3.40. The van der Waals surface area contributed by atoms with E-state index in [-0.39, 0.29) is 26.2 Å². The number of hydrogen-bond donors (Lipinski definition) is 1. The second-order valence-electron chi connectivity index (χ2n) is 3.84. The Morgan fingerprint density at radius 2 is 1.75 bits per heavy atom. The summed E-state index contributed by atoms with van der Waals surface area (Å²) in [6.45, 7) is 0. The Balaban J connectivity index is 2.52. The third-order valence-electron chi connectivity index (χ3n) is 2.32. The first-order chi connectivity index (χ1) is 9.29. The van der Waals surface area contributed by atoms with Gasteiger partial charge < -0.3 is 5.32 Å². The molecule has 1 aromatic heterocycles. The molecule has 0 bridgehead atoms. The molecule has 1 aromatic carbocycles. The first kappa shape index (κ1) is 15.3. The Kier molecular flexibility index (Phi) is 4.39. The lowest BCUT2D eigenvalue weighted by atomic mass is 10.3. The fourth-order valence-corrected chi connectivity index (χ4v) is 2.86. The second kappa shape index (κ2) is 5.73. The van der Waals surface area contributed by atoms with Crippen molar-refractivity contribution in [1.29, 1.82) is 0 Å². The van der Waals surface area contributed by atoms with Crippen LogP contribution in [-0.4, -0.2) is 24.6 Å². The Bertz CT molecular complexity index is 766. The first-order valence-corrected chi connectivity index (χ1v) is 8.26. The number of rotatable bonds is 3. The van der Waals surface area contributed by atoms with Crippen LogP contribution in [0.4, 0.5) is 11.5 Å². The lowest BCUT2D eigenvalue weighted by Gasteiger charge is -2.11. The molecule has 1 heterocycles. The van der Waals surface area contributed by atoms with Crippen LogP contribution in [0.5, 0.6) is 0 Å². The third-order valence-corrected chi connectivity index (χ3v) is 4.38. The zero-order valence-corrected chi connectivity index (χ0v) is 13.1. The zero-order valence-electron chi connectivity index (χ0n) is 10.1. The molecule has 20 heavy (non-hydrogen) atoms. The average molecular weight is 353 g/mol. The molecule has 0 aliphatic heterocycles. The van der Waals surface area contributed by atoms with Gasteiger partial charge in [-0.15, -0.1) is 0 Å². The van der Waals surface area contributed by atoms with Crippen LogP contribution in [0.1, 0.15) is 0 Å². The second-order valence-corrected chi connectivity index (χ2v) is 6.90. The van der Waals surface area contributed by atoms with Crippen molar-refractivity contribution in [2.45, 2.75) is 4.90 Å². The molecule has 2 rings (SSSR count). The minimum Gasteiger partial charge on any atom is -0.338 e. The van der Waals surface area contributed by atoms with Crippen molar-refractivity contribution < 1.29 is 8.42 Å². The molecule has 0 spiro atoms. The molecule has 0 atom stereocenters. The Morgan fingerprint density at radius 1 is 1.10 bits per heavy atom. The molecule has 0 amide bonds. The molecule has 0 radical (unpaired) electrons. The molecule has 0 aliphatic rings. The Labute approximate surface area is 130 Å². The van der Waals surface area contributed by atoms with Crippen LogP contribution in [0, 0.1) is 0 Å². The highest BCUT2D eigenvalue weighted by molar-refractivity contribution is 7.90. The summed E-state index contributed by atoms with van der Waals surface area (Å²) < 4.78 is 23.4. The fourth-order valence-electron chi connectivity index (χ4n) is 1.50. The smallest absolute Gasteiger partial charge is 0.225 e. The lowest BCUT2D eigenvalue weighted by Crippen LogP contribution is -2.04. The molecule has 0 saturated carbocycles. The van der Waals surface area contributed by atoms with Gasteiger partial charge in [-0.2, -0.15) is 4.98 Å². The van der Waals surface area contributed by atoms with E-state index in [1.165, 1.54) is 6.07 Å². The van der Waals surface area contributed by atoms with Crippen molar-refractivity contribution in [2.24, 2.45) is 0 Å². The van der Waals surface area contributed by atoms with Gasteiger partial charge in [0.2, 0.25) is 5.28 Å². The molecule has 106 valence electrons. The fraction of sp³-hybridized carbons (Fsp3) is 0.0909. The van der Waals surface area contributed by atoms with E-state index in [1.807, 2.05) is 0 Å². The van der Waals surface area contributed by atoms with Crippen LogP contribution >= 0.6 is 34.8 Å². The van der Waals surface area contributed by atoms with E-state index in [2.05, 4.69) is 15.3 Å². The van der Waals surface area contributed by atoms with Gasteiger partial charge >= 0.3 is 0 Å². The number of anilines is 2. The highest BCUT2D eigenvalue weighted by Crippen LogP contribution is 2.32. The first-order valence-electron chi connectivity index (χ1n) is 5.23. The number of nitrogens with zero attached hydrogens (tertiary/aromatic N) is 2. The van der Waals surface area contributed by atoms with Crippen molar-refractivity contribution in [1.82, 2.24) is 9.97 Å². The summed E-state index contributed by atoms with van der Waals surface area (Å²) >= 11 is 17.4. The van der Waals surface area contributed by atoms with Crippen molar-refractivity contribution in [2.75, 3.05) is 11.6 Å². The van der Waals surface area contributed by atoms with Gasteiger partial charge in [0.25, 0.3) is 0 Å². The number of aromatic nitrogens is 2. The number of para-hydroxylation sites is 1. The molecule has 9 heteroatoms. The summed E-state index contributed by atoms with van der Waals surface area (Å²) in [6.07, 6.45) is 1.11. The number of nitrogens with one attached hydrogen (secondary N) is 1. The van der Waals surface area contributed by atoms with Crippen molar-refractivity contribution in [3.8, 4) is 0 Å². The highest BCUT2D eigenvalue weighted by atomic mass is 35.5. The molecule has 2 aromatic rings. The van der Waals surface area contributed by atoms with Crippen LogP contribution in [0.25, 0.3) is 0 Å². The summed E-state index contributed by atoms with van der Waals surface area (Å²) in [5, 5.41) is 2.73. The Hall–Kier alpha value is -1.08. The molecule has 0 fully saturated rings. The maximum Gasteiger partial charge on any atom is 0.225 e. The molecule has 1 N–H and O–H groups in total. The summed E-state index contributed by atoms with van der Waals surface area (Å²) in [5.41, 5.74) is 0.322. The number of halogens is 3. The molecule has 5 nitrogen and oxygen atoms in total. The van der Waals surface area contributed by atoms with Gasteiger partial charge in [0, 0.05) is 6.26 Å². The Morgan fingerprint density at radius 3 is 2.40 bits per heavy atom. The molecular weight excluding hydrogens is 345 g/mol. The summed E-state index contributed by atoms with van der Waals surface area (Å²) in [5.74, 6) is 0.132. The monoisotopic (exact) mass is 351 g/mol. The topological polar surface area (TPSA) is 72.0 Å². The van der Waals surface area contributed by atoms with Crippen LogP contribution in [0.15, 0.2) is 29.2 Å². The summed E-state index contributed by atoms with van der Waals surface area (Å²) in [4.78, 5) is 7.67. The van der Waals surface area contributed by atoms with Crippen LogP contribution in [-0.2, 0) is 9.84 Å². The minimum atomic E-state index is -3.40. The standard InChI is InChI=1S/C11H8Cl3N3O2S/c1-20(18,19)7-5-3-2-4-6(7)15-10-8(12)9(13)16-11(14)17-10/h2-5H,1H3,(H,15,16,17). The lowest BCUT2D eigenvalue weighted by molar-refractivity contribution is 0.602. The van der Waals surface area contributed by atoms with E-state index in [0.717, 1.165) is 6.26 Å². The van der Waals surface area contributed by atoms with E-state index in [0.29, 0.717) is 5.69 Å². The van der Waals surface area contributed by atoms with Gasteiger partial charge in [-0.3, -0.25) is 0 Å². The quantitative estimate of drug-likeness (QED) is 0.675. The SMILES string of the molecule is CS(=O)(=O)c1ccccc1Nc1nc(Cl)nc(Cl)c1Cl.